The van der Waals surface area contributed by atoms with Crippen LogP contribution in [0.1, 0.15) is 41.9 Å². The summed E-state index contributed by atoms with van der Waals surface area (Å²) >= 11 is 0. The number of amides is 1. The Morgan fingerprint density at radius 3 is 2.75 bits per heavy atom. The van der Waals surface area contributed by atoms with Crippen LogP contribution in [-0.4, -0.2) is 58.1 Å². The van der Waals surface area contributed by atoms with Crippen molar-refractivity contribution in [2.75, 3.05) is 30.4 Å². The fourth-order valence-corrected chi connectivity index (χ4v) is 4.81. The van der Waals surface area contributed by atoms with Crippen molar-refractivity contribution >= 4 is 28.3 Å². The lowest BCUT2D eigenvalue weighted by atomic mass is 10.0. The minimum Gasteiger partial charge on any atom is -0.467 e. The van der Waals surface area contributed by atoms with E-state index in [1.165, 1.54) is 13.4 Å². The summed E-state index contributed by atoms with van der Waals surface area (Å²) in [7, 11) is 1.52. The van der Waals surface area contributed by atoms with E-state index in [9.17, 15) is 4.79 Å². The minimum absolute atomic E-state index is 0.230. The molecule has 1 saturated heterocycles. The van der Waals surface area contributed by atoms with Gasteiger partial charge in [0.25, 0.3) is 5.91 Å². The van der Waals surface area contributed by atoms with Crippen molar-refractivity contribution in [1.82, 2.24) is 25.3 Å². The van der Waals surface area contributed by atoms with E-state index in [2.05, 4.69) is 49.3 Å². The summed E-state index contributed by atoms with van der Waals surface area (Å²) in [5.41, 5.74) is 4.09. The summed E-state index contributed by atoms with van der Waals surface area (Å²) in [5.74, 6) is 0.331. The van der Waals surface area contributed by atoms with Gasteiger partial charge in [0.15, 0.2) is 0 Å². The molecule has 0 radical (unpaired) electrons. The molecule has 2 aliphatic rings. The molecule has 0 unspecified atom stereocenters. The molecular weight excluding hydrogens is 406 g/mol. The maximum Gasteiger partial charge on any atom is 0.316 e. The summed E-state index contributed by atoms with van der Waals surface area (Å²) in [6.45, 7) is 6.08. The third-order valence-electron chi connectivity index (χ3n) is 6.14. The van der Waals surface area contributed by atoms with Crippen LogP contribution in [0.25, 0.3) is 10.9 Å². The zero-order valence-corrected chi connectivity index (χ0v) is 18.6. The van der Waals surface area contributed by atoms with Crippen molar-refractivity contribution in [3.8, 4) is 6.01 Å². The average Bonchev–Trinajstić information content (AvgIpc) is 3.27. The number of methoxy groups -OCH3 is 1. The third-order valence-corrected chi connectivity index (χ3v) is 6.14. The number of piperazine rings is 1. The van der Waals surface area contributed by atoms with E-state index in [4.69, 9.17) is 4.74 Å². The summed E-state index contributed by atoms with van der Waals surface area (Å²) in [5, 5.41) is 7.37. The molecule has 166 valence electrons. The fourth-order valence-electron chi connectivity index (χ4n) is 4.81. The standard InChI is InChI=1S/C23H27N7O2/c1-13-10-30(11-14(2)27-13)19-8-7-16(20-17(19)9-24-23(28-20)32-3)22(31)29-21-15-5-4-6-18(15)25-12-26-21/h7-9,12-14,27H,4-6,10-11H2,1-3H3,(H,25,26,29,31)/t13-,14+. The van der Waals surface area contributed by atoms with Gasteiger partial charge in [-0.05, 0) is 45.2 Å². The molecule has 1 aliphatic heterocycles. The predicted molar refractivity (Wildman–Crippen MR) is 122 cm³/mol. The molecule has 2 aromatic heterocycles. The molecular formula is C23H27N7O2. The van der Waals surface area contributed by atoms with Gasteiger partial charge in [-0.25, -0.2) is 15.0 Å². The zero-order valence-electron chi connectivity index (χ0n) is 18.6. The van der Waals surface area contributed by atoms with Crippen molar-refractivity contribution in [2.24, 2.45) is 0 Å². The predicted octanol–water partition coefficient (Wildman–Crippen LogP) is 2.36. The number of benzene rings is 1. The van der Waals surface area contributed by atoms with E-state index in [0.717, 1.165) is 54.7 Å². The summed E-state index contributed by atoms with van der Waals surface area (Å²) in [4.78, 5) is 33.2. The van der Waals surface area contributed by atoms with Gasteiger partial charge >= 0.3 is 6.01 Å². The first-order chi connectivity index (χ1) is 15.5. The second-order valence-electron chi connectivity index (χ2n) is 8.58. The maximum absolute atomic E-state index is 13.3. The number of hydrogen-bond donors (Lipinski definition) is 2. The summed E-state index contributed by atoms with van der Waals surface area (Å²) in [6, 6.07) is 4.76. The Hall–Kier alpha value is -3.33. The van der Waals surface area contributed by atoms with E-state index >= 15 is 0 Å². The SMILES string of the molecule is COc1ncc2c(N3C[C@@H](C)N[C@@H](C)C3)ccc(C(=O)Nc3ncnc4c3CCC4)c2n1. The second-order valence-corrected chi connectivity index (χ2v) is 8.58. The van der Waals surface area contributed by atoms with Crippen LogP contribution in [-0.2, 0) is 12.8 Å². The molecule has 9 nitrogen and oxygen atoms in total. The van der Waals surface area contributed by atoms with Gasteiger partial charge in [-0.1, -0.05) is 0 Å². The zero-order chi connectivity index (χ0) is 22.2. The van der Waals surface area contributed by atoms with Crippen LogP contribution in [0.15, 0.2) is 24.7 Å². The number of aryl methyl sites for hydroxylation is 1. The lowest BCUT2D eigenvalue weighted by Gasteiger charge is -2.38. The molecule has 2 atom stereocenters. The number of aromatic nitrogens is 4. The largest absolute Gasteiger partial charge is 0.467 e. The molecule has 3 heterocycles. The van der Waals surface area contributed by atoms with Gasteiger partial charge < -0.3 is 20.3 Å². The molecule has 9 heteroatoms. The van der Waals surface area contributed by atoms with Crippen molar-refractivity contribution in [3.05, 3.63) is 41.5 Å². The highest BCUT2D eigenvalue weighted by atomic mass is 16.5. The Balaban J connectivity index is 1.55. The van der Waals surface area contributed by atoms with Gasteiger partial charge in [0.1, 0.15) is 12.1 Å². The van der Waals surface area contributed by atoms with Crippen LogP contribution in [0.3, 0.4) is 0 Å². The molecule has 0 saturated carbocycles. The van der Waals surface area contributed by atoms with E-state index in [-0.39, 0.29) is 11.9 Å². The molecule has 0 spiro atoms. The third kappa shape index (κ3) is 3.73. The number of fused-ring (bicyclic) bond motifs is 2. The first-order valence-electron chi connectivity index (χ1n) is 11.0. The van der Waals surface area contributed by atoms with Crippen LogP contribution in [0.4, 0.5) is 11.5 Å². The molecule has 5 rings (SSSR count). The Morgan fingerprint density at radius 1 is 1.16 bits per heavy atom. The smallest absolute Gasteiger partial charge is 0.316 e. The first kappa shape index (κ1) is 20.6. The molecule has 0 bridgehead atoms. The molecule has 3 aromatic rings. The lowest BCUT2D eigenvalue weighted by molar-refractivity contribution is 0.102. The van der Waals surface area contributed by atoms with Gasteiger partial charge in [0.2, 0.25) is 0 Å². The second kappa shape index (κ2) is 8.31. The van der Waals surface area contributed by atoms with Crippen LogP contribution >= 0.6 is 0 Å². The molecule has 1 amide bonds. The Bertz CT molecular complexity index is 1170. The number of ether oxygens (including phenoxy) is 1. The Labute approximate surface area is 186 Å². The van der Waals surface area contributed by atoms with Crippen molar-refractivity contribution in [2.45, 2.75) is 45.2 Å². The van der Waals surface area contributed by atoms with Crippen LogP contribution in [0.2, 0.25) is 0 Å². The minimum atomic E-state index is -0.253. The fraction of sp³-hybridized carbons (Fsp3) is 0.435. The van der Waals surface area contributed by atoms with Gasteiger partial charge in [-0.3, -0.25) is 4.79 Å². The molecule has 1 fully saturated rings. The van der Waals surface area contributed by atoms with Gasteiger partial charge in [-0.2, -0.15) is 4.98 Å². The van der Waals surface area contributed by atoms with Crippen LogP contribution in [0, 0.1) is 0 Å². The van der Waals surface area contributed by atoms with E-state index < -0.39 is 0 Å². The van der Waals surface area contributed by atoms with Crippen LogP contribution in [0.5, 0.6) is 6.01 Å². The number of nitrogens with zero attached hydrogens (tertiary/aromatic N) is 5. The summed E-state index contributed by atoms with van der Waals surface area (Å²) < 4.78 is 5.26. The highest BCUT2D eigenvalue weighted by molar-refractivity contribution is 6.13. The number of hydrogen-bond acceptors (Lipinski definition) is 8. The van der Waals surface area contributed by atoms with Gasteiger partial charge in [0, 0.05) is 53.7 Å². The molecule has 2 N–H and O–H groups in total. The van der Waals surface area contributed by atoms with E-state index in [0.29, 0.717) is 29.0 Å². The Kier molecular flexibility index (Phi) is 5.34. The first-order valence-corrected chi connectivity index (χ1v) is 11.0. The normalized spacial score (nSPS) is 20.3. The monoisotopic (exact) mass is 433 g/mol. The highest BCUT2D eigenvalue weighted by Gasteiger charge is 2.25. The summed E-state index contributed by atoms with van der Waals surface area (Å²) in [6.07, 6.45) is 6.08. The van der Waals surface area contributed by atoms with E-state index in [1.807, 2.05) is 12.1 Å². The molecule has 1 aromatic carbocycles. The van der Waals surface area contributed by atoms with Crippen LogP contribution < -0.4 is 20.3 Å². The number of carbonyl (C=O) groups excluding carboxylic acids is 1. The van der Waals surface area contributed by atoms with Crippen molar-refractivity contribution in [3.63, 3.8) is 0 Å². The number of rotatable bonds is 4. The topological polar surface area (TPSA) is 105 Å². The highest BCUT2D eigenvalue weighted by Crippen LogP contribution is 2.31. The number of carbonyl (C=O) groups is 1. The molecule has 1 aliphatic carbocycles. The van der Waals surface area contributed by atoms with Crippen molar-refractivity contribution in [1.29, 1.82) is 0 Å². The van der Waals surface area contributed by atoms with E-state index in [1.54, 1.807) is 6.20 Å². The van der Waals surface area contributed by atoms with Gasteiger partial charge in [0.05, 0.1) is 18.2 Å². The Morgan fingerprint density at radius 2 is 1.97 bits per heavy atom. The average molecular weight is 434 g/mol. The maximum atomic E-state index is 13.3. The quantitative estimate of drug-likeness (QED) is 0.646. The number of anilines is 2. The molecule has 32 heavy (non-hydrogen) atoms. The van der Waals surface area contributed by atoms with Crippen molar-refractivity contribution < 1.29 is 9.53 Å². The lowest BCUT2D eigenvalue weighted by Crippen LogP contribution is -2.54. The number of nitrogens with one attached hydrogen (secondary N) is 2. The van der Waals surface area contributed by atoms with Gasteiger partial charge in [-0.15, -0.1) is 0 Å².